The number of nitrogens with zero attached hydrogens (tertiary/aromatic N) is 1. The van der Waals surface area contributed by atoms with Crippen LogP contribution in [0.15, 0.2) is 46.0 Å². The average molecular weight is 329 g/mol. The number of ether oxygens (including phenoxy) is 1. The molecule has 0 saturated heterocycles. The maximum Gasteiger partial charge on any atom is 0.326 e. The van der Waals surface area contributed by atoms with Crippen LogP contribution in [0, 0.1) is 5.82 Å². The maximum absolute atomic E-state index is 13.3. The number of sulfonamides is 1. The Morgan fingerprint density at radius 3 is 2.67 bits per heavy atom. The predicted octanol–water partition coefficient (Wildman–Crippen LogP) is 2.26. The van der Waals surface area contributed by atoms with Gasteiger partial charge in [0.15, 0.2) is 0 Å². The molecule has 5 nitrogen and oxygen atoms in total. The molecule has 1 aromatic heterocycles. The molecule has 2 rings (SSSR count). The van der Waals surface area contributed by atoms with Crippen molar-refractivity contribution in [2.75, 3.05) is 18.0 Å². The summed E-state index contributed by atoms with van der Waals surface area (Å²) >= 11 is 1.02. The Kier molecular flexibility index (Phi) is 4.59. The molecule has 0 spiro atoms. The van der Waals surface area contributed by atoms with Gasteiger partial charge in [-0.3, -0.25) is 9.10 Å². The van der Waals surface area contributed by atoms with E-state index in [4.69, 9.17) is 0 Å². The summed E-state index contributed by atoms with van der Waals surface area (Å²) in [5.74, 6) is -1.33. The number of hydrogen-bond acceptors (Lipinski definition) is 5. The molecule has 0 N–H and O–H groups in total. The molecule has 0 saturated carbocycles. The van der Waals surface area contributed by atoms with Crippen molar-refractivity contribution in [2.45, 2.75) is 4.21 Å². The van der Waals surface area contributed by atoms with Crippen molar-refractivity contribution in [3.05, 3.63) is 47.6 Å². The molecule has 0 aliphatic heterocycles. The Bertz CT molecular complexity index is 728. The molecule has 0 radical (unpaired) electrons. The van der Waals surface area contributed by atoms with Crippen LogP contribution < -0.4 is 4.31 Å². The highest BCUT2D eigenvalue weighted by atomic mass is 32.2. The smallest absolute Gasteiger partial charge is 0.326 e. The van der Waals surface area contributed by atoms with Crippen LogP contribution in [-0.2, 0) is 19.6 Å². The number of benzene rings is 1. The number of carbonyl (C=O) groups is 1. The van der Waals surface area contributed by atoms with Crippen molar-refractivity contribution in [3.8, 4) is 0 Å². The molecule has 0 bridgehead atoms. The summed E-state index contributed by atoms with van der Waals surface area (Å²) < 4.78 is 43.9. The van der Waals surface area contributed by atoms with Crippen molar-refractivity contribution in [3.63, 3.8) is 0 Å². The number of carbonyl (C=O) groups excluding carboxylic acids is 1. The molecule has 21 heavy (non-hydrogen) atoms. The van der Waals surface area contributed by atoms with Gasteiger partial charge in [0, 0.05) is 0 Å². The van der Waals surface area contributed by atoms with E-state index in [0.717, 1.165) is 28.8 Å². The van der Waals surface area contributed by atoms with E-state index in [-0.39, 0.29) is 9.90 Å². The number of thiophene rings is 1. The van der Waals surface area contributed by atoms with Gasteiger partial charge in [0.25, 0.3) is 10.0 Å². The summed E-state index contributed by atoms with van der Waals surface area (Å²) in [7, 11) is -2.79. The molecule has 0 aliphatic rings. The van der Waals surface area contributed by atoms with Crippen LogP contribution in [0.3, 0.4) is 0 Å². The SMILES string of the molecule is COC(=O)CN(c1cccc(F)c1)S(=O)(=O)c1cccs1. The van der Waals surface area contributed by atoms with E-state index in [1.165, 1.54) is 24.3 Å². The first-order chi connectivity index (χ1) is 9.95. The normalized spacial score (nSPS) is 11.1. The topological polar surface area (TPSA) is 63.7 Å². The number of anilines is 1. The van der Waals surface area contributed by atoms with Gasteiger partial charge in [0.2, 0.25) is 0 Å². The summed E-state index contributed by atoms with van der Waals surface area (Å²) in [6.07, 6.45) is 0. The van der Waals surface area contributed by atoms with Gasteiger partial charge in [0.1, 0.15) is 16.6 Å². The van der Waals surface area contributed by atoms with Gasteiger partial charge in [0.05, 0.1) is 12.8 Å². The molecule has 0 amide bonds. The highest BCUT2D eigenvalue weighted by molar-refractivity contribution is 7.94. The third-order valence-electron chi connectivity index (χ3n) is 2.64. The van der Waals surface area contributed by atoms with E-state index in [0.29, 0.717) is 0 Å². The van der Waals surface area contributed by atoms with Gasteiger partial charge < -0.3 is 4.74 Å². The van der Waals surface area contributed by atoms with Crippen LogP contribution in [0.5, 0.6) is 0 Å². The molecular formula is C13H12FNO4S2. The Morgan fingerprint density at radius 2 is 2.10 bits per heavy atom. The molecule has 8 heteroatoms. The van der Waals surface area contributed by atoms with Crippen molar-refractivity contribution in [1.82, 2.24) is 0 Å². The minimum absolute atomic E-state index is 0.0637. The van der Waals surface area contributed by atoms with E-state index in [1.807, 2.05) is 0 Å². The zero-order valence-electron chi connectivity index (χ0n) is 11.0. The van der Waals surface area contributed by atoms with Crippen molar-refractivity contribution >= 4 is 33.0 Å². The quantitative estimate of drug-likeness (QED) is 0.789. The second-order valence-electron chi connectivity index (χ2n) is 4.00. The standard InChI is InChI=1S/C13H12FNO4S2/c1-19-12(16)9-15(11-5-2-4-10(14)8-11)21(17,18)13-6-3-7-20-13/h2-8H,9H2,1H3. The van der Waals surface area contributed by atoms with E-state index in [1.54, 1.807) is 11.4 Å². The molecule has 112 valence electrons. The third kappa shape index (κ3) is 3.40. The first kappa shape index (κ1) is 15.5. The maximum atomic E-state index is 13.3. The summed E-state index contributed by atoms with van der Waals surface area (Å²) in [6, 6.07) is 8.03. The van der Waals surface area contributed by atoms with Gasteiger partial charge in [-0.05, 0) is 29.6 Å². The zero-order valence-corrected chi connectivity index (χ0v) is 12.7. The van der Waals surface area contributed by atoms with E-state index in [9.17, 15) is 17.6 Å². The molecule has 0 atom stereocenters. The van der Waals surface area contributed by atoms with E-state index < -0.39 is 28.4 Å². The molecule has 2 aromatic rings. The van der Waals surface area contributed by atoms with Gasteiger partial charge >= 0.3 is 5.97 Å². The Morgan fingerprint density at radius 1 is 1.33 bits per heavy atom. The Labute approximate surface area is 125 Å². The fourth-order valence-corrected chi connectivity index (χ4v) is 4.15. The van der Waals surface area contributed by atoms with Crippen molar-refractivity contribution in [1.29, 1.82) is 0 Å². The largest absolute Gasteiger partial charge is 0.468 e. The molecule has 1 aromatic carbocycles. The lowest BCUT2D eigenvalue weighted by Crippen LogP contribution is -2.36. The number of methoxy groups -OCH3 is 1. The predicted molar refractivity (Wildman–Crippen MR) is 77.3 cm³/mol. The molecule has 0 aliphatic carbocycles. The van der Waals surface area contributed by atoms with Crippen LogP contribution in [0.2, 0.25) is 0 Å². The van der Waals surface area contributed by atoms with Gasteiger partial charge in [-0.2, -0.15) is 0 Å². The molecular weight excluding hydrogens is 317 g/mol. The monoisotopic (exact) mass is 329 g/mol. The number of halogens is 1. The van der Waals surface area contributed by atoms with Crippen molar-refractivity contribution < 1.29 is 22.3 Å². The van der Waals surface area contributed by atoms with Crippen LogP contribution in [0.25, 0.3) is 0 Å². The minimum atomic E-state index is -3.95. The van der Waals surface area contributed by atoms with Crippen LogP contribution in [0.4, 0.5) is 10.1 Å². The highest BCUT2D eigenvalue weighted by Crippen LogP contribution is 2.26. The minimum Gasteiger partial charge on any atom is -0.468 e. The Hall–Kier alpha value is -1.93. The van der Waals surface area contributed by atoms with E-state index >= 15 is 0 Å². The average Bonchev–Trinajstić information content (AvgIpc) is 2.99. The number of rotatable bonds is 5. The first-order valence-electron chi connectivity index (χ1n) is 5.84. The number of esters is 1. The summed E-state index contributed by atoms with van der Waals surface area (Å²) in [4.78, 5) is 11.5. The number of hydrogen-bond donors (Lipinski definition) is 0. The van der Waals surface area contributed by atoms with Gasteiger partial charge in [-0.25, -0.2) is 12.8 Å². The summed E-state index contributed by atoms with van der Waals surface area (Å²) in [5, 5.41) is 1.61. The van der Waals surface area contributed by atoms with Crippen molar-refractivity contribution in [2.24, 2.45) is 0 Å². The van der Waals surface area contributed by atoms with Gasteiger partial charge in [-0.15, -0.1) is 11.3 Å². The summed E-state index contributed by atoms with van der Waals surface area (Å²) in [6.45, 7) is -0.528. The summed E-state index contributed by atoms with van der Waals surface area (Å²) in [5.41, 5.74) is 0.0637. The third-order valence-corrected chi connectivity index (χ3v) is 5.78. The lowest BCUT2D eigenvalue weighted by molar-refractivity contribution is -0.138. The van der Waals surface area contributed by atoms with Crippen LogP contribution in [-0.4, -0.2) is 28.0 Å². The lowest BCUT2D eigenvalue weighted by Gasteiger charge is -2.22. The van der Waals surface area contributed by atoms with Crippen LogP contribution in [0.1, 0.15) is 0 Å². The fraction of sp³-hybridized carbons (Fsp3) is 0.154. The molecule has 0 unspecified atom stereocenters. The second kappa shape index (κ2) is 6.23. The van der Waals surface area contributed by atoms with Gasteiger partial charge in [-0.1, -0.05) is 12.1 Å². The fourth-order valence-electron chi connectivity index (χ4n) is 1.65. The van der Waals surface area contributed by atoms with Crippen LogP contribution >= 0.6 is 11.3 Å². The molecule has 1 heterocycles. The Balaban J connectivity index is 2.49. The molecule has 0 fully saturated rings. The van der Waals surface area contributed by atoms with E-state index in [2.05, 4.69) is 4.74 Å². The first-order valence-corrected chi connectivity index (χ1v) is 8.16. The highest BCUT2D eigenvalue weighted by Gasteiger charge is 2.28. The zero-order chi connectivity index (χ0) is 15.5. The second-order valence-corrected chi connectivity index (χ2v) is 7.04. The lowest BCUT2D eigenvalue weighted by atomic mass is 10.3.